The van der Waals surface area contributed by atoms with Crippen molar-refractivity contribution in [1.82, 2.24) is 29.4 Å². The summed E-state index contributed by atoms with van der Waals surface area (Å²) in [6.07, 6.45) is 4.68. The highest BCUT2D eigenvalue weighted by atomic mass is 19.1. The summed E-state index contributed by atoms with van der Waals surface area (Å²) in [6, 6.07) is 13.8. The molecule has 6 heterocycles. The molecule has 240 valence electrons. The van der Waals surface area contributed by atoms with Crippen molar-refractivity contribution in [3.05, 3.63) is 83.9 Å². The summed E-state index contributed by atoms with van der Waals surface area (Å²) < 4.78 is 33.0. The van der Waals surface area contributed by atoms with Crippen LogP contribution in [-0.2, 0) is 0 Å². The number of hydrogen-bond acceptors (Lipinski definition) is 9. The zero-order chi connectivity index (χ0) is 32.5. The number of piperazine rings is 1. The maximum Gasteiger partial charge on any atom is 0.165 e. The summed E-state index contributed by atoms with van der Waals surface area (Å²) in [5, 5.41) is 9.73. The smallest absolute Gasteiger partial charge is 0.165 e. The maximum absolute atomic E-state index is 15.6. The van der Waals surface area contributed by atoms with E-state index in [0.29, 0.717) is 66.9 Å². The first-order valence-corrected chi connectivity index (χ1v) is 15.7. The van der Waals surface area contributed by atoms with Crippen LogP contribution in [0.3, 0.4) is 0 Å². The molecule has 0 unspecified atom stereocenters. The number of nitrogens with two attached hydrogens (primary N) is 1. The molecule has 0 atom stereocenters. The van der Waals surface area contributed by atoms with Gasteiger partial charge in [0.2, 0.25) is 0 Å². The van der Waals surface area contributed by atoms with Crippen molar-refractivity contribution in [2.24, 2.45) is 0 Å². The minimum absolute atomic E-state index is 0.0307. The minimum Gasteiger partial charge on any atom is -0.393 e. The lowest BCUT2D eigenvalue weighted by molar-refractivity contribution is 0.145. The minimum atomic E-state index is -0.635. The Hall–Kier alpha value is -5.12. The van der Waals surface area contributed by atoms with Crippen molar-refractivity contribution < 1.29 is 13.9 Å². The van der Waals surface area contributed by atoms with Gasteiger partial charge in [-0.1, -0.05) is 11.8 Å². The van der Waals surface area contributed by atoms with E-state index >= 15 is 8.78 Å². The fraction of sp³-hybridized carbons (Fsp3) is 0.314. The van der Waals surface area contributed by atoms with E-state index in [4.69, 9.17) is 10.7 Å². The van der Waals surface area contributed by atoms with Crippen LogP contribution in [0.1, 0.15) is 24.2 Å². The molecular weight excluding hydrogens is 600 g/mol. The maximum atomic E-state index is 15.6. The Morgan fingerprint density at radius 1 is 0.894 bits per heavy atom. The van der Waals surface area contributed by atoms with E-state index in [2.05, 4.69) is 36.6 Å². The summed E-state index contributed by atoms with van der Waals surface area (Å²) in [5.41, 5.74) is 9.52. The summed E-state index contributed by atoms with van der Waals surface area (Å²) >= 11 is 0. The molecular formula is C35H35F2N9O. The van der Waals surface area contributed by atoms with Crippen molar-refractivity contribution in [1.29, 1.82) is 0 Å². The number of imidazole rings is 1. The lowest BCUT2D eigenvalue weighted by Crippen LogP contribution is -2.47. The molecule has 7 rings (SSSR count). The van der Waals surface area contributed by atoms with Gasteiger partial charge in [-0.2, -0.15) is 0 Å². The number of aliphatic hydroxyl groups is 1. The molecule has 10 nitrogen and oxygen atoms in total. The fourth-order valence-electron chi connectivity index (χ4n) is 6.26. The zero-order valence-electron chi connectivity index (χ0n) is 26.1. The molecule has 12 heteroatoms. The third-order valence-corrected chi connectivity index (χ3v) is 8.77. The summed E-state index contributed by atoms with van der Waals surface area (Å²) in [7, 11) is 0. The molecule has 2 saturated heterocycles. The van der Waals surface area contributed by atoms with E-state index < -0.39 is 11.6 Å². The van der Waals surface area contributed by atoms with Crippen molar-refractivity contribution in [3.8, 4) is 28.8 Å². The number of fused-ring (bicyclic) bond motifs is 1. The Balaban J connectivity index is 1.01. The van der Waals surface area contributed by atoms with Gasteiger partial charge in [0.15, 0.2) is 17.3 Å². The second-order valence-corrected chi connectivity index (χ2v) is 11.9. The summed E-state index contributed by atoms with van der Waals surface area (Å²) in [5.74, 6) is 6.95. The van der Waals surface area contributed by atoms with Gasteiger partial charge in [0.05, 0.1) is 24.0 Å². The first kappa shape index (κ1) is 30.5. The van der Waals surface area contributed by atoms with Crippen molar-refractivity contribution in [3.63, 3.8) is 0 Å². The molecule has 2 aliphatic rings. The Bertz CT molecular complexity index is 1950. The lowest BCUT2D eigenvalue weighted by atomic mass is 10.1. The van der Waals surface area contributed by atoms with Gasteiger partial charge >= 0.3 is 0 Å². The number of piperidine rings is 1. The van der Waals surface area contributed by atoms with Gasteiger partial charge < -0.3 is 20.6 Å². The quantitative estimate of drug-likeness (QED) is 0.275. The highest BCUT2D eigenvalue weighted by Gasteiger charge is 2.24. The zero-order valence-corrected chi connectivity index (χ0v) is 26.1. The van der Waals surface area contributed by atoms with Crippen LogP contribution >= 0.6 is 0 Å². The number of nitrogens with zero attached hydrogens (tertiary/aromatic N) is 8. The molecule has 0 spiro atoms. The van der Waals surface area contributed by atoms with Crippen molar-refractivity contribution in [2.45, 2.75) is 25.9 Å². The van der Waals surface area contributed by atoms with Gasteiger partial charge in [0.1, 0.15) is 28.7 Å². The molecule has 0 saturated carbocycles. The third-order valence-electron chi connectivity index (χ3n) is 8.77. The molecule has 3 N–H and O–H groups in total. The Morgan fingerprint density at radius 2 is 1.66 bits per heavy atom. The number of halogens is 2. The monoisotopic (exact) mass is 635 g/mol. The molecule has 0 amide bonds. The van der Waals surface area contributed by atoms with Gasteiger partial charge in [0.25, 0.3) is 0 Å². The van der Waals surface area contributed by atoms with E-state index in [1.54, 1.807) is 40.9 Å². The Labute approximate surface area is 271 Å². The highest BCUT2D eigenvalue weighted by Crippen LogP contribution is 2.31. The second kappa shape index (κ2) is 12.9. The van der Waals surface area contributed by atoms with Crippen molar-refractivity contribution in [2.75, 3.05) is 61.3 Å². The molecule has 2 aliphatic heterocycles. The first-order chi connectivity index (χ1) is 22.8. The second-order valence-electron chi connectivity index (χ2n) is 11.9. The van der Waals surface area contributed by atoms with Crippen molar-refractivity contribution >= 4 is 28.5 Å². The summed E-state index contributed by atoms with van der Waals surface area (Å²) in [4.78, 5) is 24.0. The predicted octanol–water partition coefficient (Wildman–Crippen LogP) is 4.18. The molecule has 2 fully saturated rings. The van der Waals surface area contributed by atoms with Crippen LogP contribution in [0.15, 0.2) is 60.9 Å². The van der Waals surface area contributed by atoms with Gasteiger partial charge in [0, 0.05) is 74.9 Å². The molecule has 1 aromatic carbocycles. The number of nitrogen functional groups attached to an aromatic ring is 1. The lowest BCUT2D eigenvalue weighted by Gasteiger charge is -2.35. The van der Waals surface area contributed by atoms with E-state index in [1.807, 2.05) is 24.3 Å². The fourth-order valence-corrected chi connectivity index (χ4v) is 6.26. The van der Waals surface area contributed by atoms with Crippen LogP contribution < -0.4 is 15.5 Å². The van der Waals surface area contributed by atoms with Gasteiger partial charge in [-0.25, -0.2) is 28.7 Å². The van der Waals surface area contributed by atoms with Crippen LogP contribution in [0.4, 0.5) is 26.1 Å². The number of aromatic nitrogens is 5. The van der Waals surface area contributed by atoms with Crippen LogP contribution in [0.5, 0.6) is 0 Å². The van der Waals surface area contributed by atoms with Gasteiger partial charge in [-0.3, -0.25) is 9.47 Å². The molecule has 0 bridgehead atoms. The Morgan fingerprint density at radius 3 is 2.36 bits per heavy atom. The van der Waals surface area contributed by atoms with E-state index in [0.717, 1.165) is 42.9 Å². The number of rotatable bonds is 5. The van der Waals surface area contributed by atoms with E-state index in [1.165, 1.54) is 12.1 Å². The number of benzene rings is 1. The topological polar surface area (TPSA) is 112 Å². The normalized spacial score (nSPS) is 16.0. The SMILES string of the molecule is Cc1nc2ccc(-c3ccnc(N)c3)nc2n1-c1cc(F)c(N2CCN(CC#Cc3ccc(N4CCC(O)CC4)nc3)CC2)c(F)c1. The molecule has 5 aromatic rings. The standard InChI is InChI=1S/C35H35F2N9O/c1-23-41-31-6-5-30(25-8-11-39-32(38)19-25)42-35(31)46(23)26-20-28(36)34(29(37)21-26)45-17-15-43(16-18-45)12-2-3-24-4-7-33(40-22-24)44-13-9-27(47)10-14-44/h4-8,11,19-22,27,47H,9-10,12-18H2,1H3,(H2,38,39). The molecule has 4 aromatic heterocycles. The average Bonchev–Trinajstić information content (AvgIpc) is 3.40. The highest BCUT2D eigenvalue weighted by molar-refractivity contribution is 5.78. The van der Waals surface area contributed by atoms with Crippen LogP contribution in [0.25, 0.3) is 28.1 Å². The molecule has 0 radical (unpaired) electrons. The van der Waals surface area contributed by atoms with Gasteiger partial charge in [-0.05, 0) is 56.2 Å². The van der Waals surface area contributed by atoms with Crippen LogP contribution in [-0.4, -0.2) is 86.4 Å². The van der Waals surface area contributed by atoms with Gasteiger partial charge in [-0.15, -0.1) is 0 Å². The number of hydrogen-bond donors (Lipinski definition) is 2. The largest absolute Gasteiger partial charge is 0.393 e. The molecule has 0 aliphatic carbocycles. The number of aryl methyl sites for hydroxylation is 1. The van der Waals surface area contributed by atoms with E-state index in [9.17, 15) is 5.11 Å². The Kier molecular flexibility index (Phi) is 8.41. The number of aliphatic hydroxyl groups excluding tert-OH is 1. The third kappa shape index (κ3) is 6.45. The van der Waals surface area contributed by atoms with Crippen LogP contribution in [0.2, 0.25) is 0 Å². The van der Waals surface area contributed by atoms with E-state index in [-0.39, 0.29) is 11.8 Å². The average molecular weight is 636 g/mol. The number of pyridine rings is 3. The summed E-state index contributed by atoms with van der Waals surface area (Å²) in [6.45, 7) is 6.14. The number of anilines is 3. The predicted molar refractivity (Wildman–Crippen MR) is 178 cm³/mol. The first-order valence-electron chi connectivity index (χ1n) is 15.7. The molecule has 47 heavy (non-hydrogen) atoms. The van der Waals surface area contributed by atoms with Crippen LogP contribution in [0, 0.1) is 30.4 Å².